The first-order chi connectivity index (χ1) is 9.51. The van der Waals surface area contributed by atoms with Crippen molar-refractivity contribution in [3.63, 3.8) is 0 Å². The van der Waals surface area contributed by atoms with Crippen molar-refractivity contribution >= 4 is 39.1 Å². The number of esters is 1. The van der Waals surface area contributed by atoms with Gasteiger partial charge in [-0.05, 0) is 46.6 Å². The number of nitrogens with zero attached hydrogens (tertiary/aromatic N) is 1. The van der Waals surface area contributed by atoms with E-state index in [9.17, 15) is 4.79 Å². The van der Waals surface area contributed by atoms with Gasteiger partial charge in [-0.3, -0.25) is 0 Å². The van der Waals surface area contributed by atoms with Crippen LogP contribution in [0.25, 0.3) is 0 Å². The smallest absolute Gasteiger partial charge is 0.340 e. The summed E-state index contributed by atoms with van der Waals surface area (Å²) < 4.78 is 5.59. The number of hydrogen-bond acceptors (Lipinski definition) is 5. The molecule has 1 aromatic heterocycles. The maximum absolute atomic E-state index is 11.6. The van der Waals surface area contributed by atoms with Crippen LogP contribution in [-0.2, 0) is 4.74 Å². The summed E-state index contributed by atoms with van der Waals surface area (Å²) in [5.41, 5.74) is 8.27. The monoisotopic (exact) mass is 335 g/mol. The van der Waals surface area contributed by atoms with Gasteiger partial charge in [0.25, 0.3) is 0 Å². The third kappa shape index (κ3) is 3.08. The van der Waals surface area contributed by atoms with Gasteiger partial charge in [0.2, 0.25) is 0 Å². The van der Waals surface area contributed by atoms with Crippen LogP contribution in [-0.4, -0.2) is 18.1 Å². The van der Waals surface area contributed by atoms with E-state index in [1.165, 1.54) is 13.3 Å². The molecular formula is C14H14BrN3O2. The number of carbonyl (C=O) groups is 1. The third-order valence-electron chi connectivity index (χ3n) is 2.73. The molecular weight excluding hydrogens is 322 g/mol. The molecule has 0 fully saturated rings. The van der Waals surface area contributed by atoms with Crippen LogP contribution in [0.15, 0.2) is 34.9 Å². The Kier molecular flexibility index (Phi) is 4.24. The zero-order chi connectivity index (χ0) is 14.7. The second kappa shape index (κ2) is 5.92. The topological polar surface area (TPSA) is 77.2 Å². The molecule has 0 amide bonds. The third-order valence-corrected chi connectivity index (χ3v) is 3.38. The number of nitrogens with one attached hydrogen (secondary N) is 1. The van der Waals surface area contributed by atoms with Gasteiger partial charge in [-0.2, -0.15) is 0 Å². The summed E-state index contributed by atoms with van der Waals surface area (Å²) in [6.45, 7) is 2.01. The molecule has 2 rings (SSSR count). The first-order valence-electron chi connectivity index (χ1n) is 5.88. The van der Waals surface area contributed by atoms with Crippen LogP contribution in [0.5, 0.6) is 0 Å². The Morgan fingerprint density at radius 2 is 2.15 bits per heavy atom. The lowest BCUT2D eigenvalue weighted by molar-refractivity contribution is 0.0602. The lowest BCUT2D eigenvalue weighted by Crippen LogP contribution is -2.07. The Hall–Kier alpha value is -2.08. The summed E-state index contributed by atoms with van der Waals surface area (Å²) in [5.74, 6) is 0.0278. The van der Waals surface area contributed by atoms with Crippen LogP contribution in [0, 0.1) is 6.92 Å². The molecule has 3 N–H and O–H groups in total. The summed E-state index contributed by atoms with van der Waals surface area (Å²) in [6, 6.07) is 7.45. The Balaban J connectivity index is 2.32. The van der Waals surface area contributed by atoms with Crippen LogP contribution >= 0.6 is 15.9 Å². The molecule has 1 heterocycles. The highest BCUT2D eigenvalue weighted by molar-refractivity contribution is 9.10. The summed E-state index contributed by atoms with van der Waals surface area (Å²) in [6.07, 6.45) is 1.43. The van der Waals surface area contributed by atoms with Crippen molar-refractivity contribution < 1.29 is 9.53 Å². The van der Waals surface area contributed by atoms with Crippen molar-refractivity contribution in [2.45, 2.75) is 6.92 Å². The minimum Gasteiger partial charge on any atom is -0.465 e. The average molecular weight is 336 g/mol. The van der Waals surface area contributed by atoms with Gasteiger partial charge in [-0.15, -0.1) is 0 Å². The highest BCUT2D eigenvalue weighted by Gasteiger charge is 2.12. The fourth-order valence-corrected chi connectivity index (χ4v) is 2.27. The van der Waals surface area contributed by atoms with Gasteiger partial charge in [-0.25, -0.2) is 9.78 Å². The van der Waals surface area contributed by atoms with Gasteiger partial charge in [-0.1, -0.05) is 6.07 Å². The van der Waals surface area contributed by atoms with E-state index in [-0.39, 0.29) is 11.3 Å². The Morgan fingerprint density at radius 3 is 2.80 bits per heavy atom. The fraction of sp³-hybridized carbons (Fsp3) is 0.143. The Morgan fingerprint density at radius 1 is 1.40 bits per heavy atom. The van der Waals surface area contributed by atoms with Gasteiger partial charge in [0.15, 0.2) is 0 Å². The molecule has 0 atom stereocenters. The van der Waals surface area contributed by atoms with E-state index in [4.69, 9.17) is 5.73 Å². The first-order valence-corrected chi connectivity index (χ1v) is 6.67. The van der Waals surface area contributed by atoms with Crippen molar-refractivity contribution in [1.82, 2.24) is 4.98 Å². The van der Waals surface area contributed by atoms with Crippen LogP contribution < -0.4 is 11.1 Å². The first kappa shape index (κ1) is 14.3. The maximum atomic E-state index is 11.6. The lowest BCUT2D eigenvalue weighted by Gasteiger charge is -2.10. The van der Waals surface area contributed by atoms with Crippen LogP contribution in [0.1, 0.15) is 15.9 Å². The van der Waals surface area contributed by atoms with Gasteiger partial charge >= 0.3 is 5.97 Å². The molecule has 20 heavy (non-hydrogen) atoms. The van der Waals surface area contributed by atoms with Crippen molar-refractivity contribution in [2.24, 2.45) is 0 Å². The van der Waals surface area contributed by atoms with Crippen LogP contribution in [0.2, 0.25) is 0 Å². The summed E-state index contributed by atoms with van der Waals surface area (Å²) in [4.78, 5) is 15.7. The predicted octanol–water partition coefficient (Wildman–Crippen LogP) is 3.26. The van der Waals surface area contributed by atoms with Gasteiger partial charge in [0.05, 0.1) is 30.2 Å². The van der Waals surface area contributed by atoms with E-state index in [1.54, 1.807) is 6.07 Å². The number of methoxy groups -OCH3 is 1. The number of nitrogen functional groups attached to an aromatic ring is 1. The summed E-state index contributed by atoms with van der Waals surface area (Å²) in [5, 5.41) is 3.12. The molecule has 0 saturated carbocycles. The van der Waals surface area contributed by atoms with E-state index in [1.807, 2.05) is 25.1 Å². The number of carbonyl (C=O) groups excluding carboxylic acids is 1. The molecule has 0 aliphatic rings. The molecule has 0 unspecified atom stereocenters. The molecule has 0 aliphatic carbocycles. The average Bonchev–Trinajstić information content (AvgIpc) is 2.43. The quantitative estimate of drug-likeness (QED) is 0.842. The zero-order valence-electron chi connectivity index (χ0n) is 11.1. The molecule has 2 aromatic rings. The molecule has 6 heteroatoms. The second-order valence-electron chi connectivity index (χ2n) is 4.26. The highest BCUT2D eigenvalue weighted by Crippen LogP contribution is 2.27. The number of halogens is 1. The molecule has 0 saturated heterocycles. The Bertz CT molecular complexity index is 659. The predicted molar refractivity (Wildman–Crippen MR) is 82.2 cm³/mol. The maximum Gasteiger partial charge on any atom is 0.340 e. The SMILES string of the molecule is COC(=O)c1cc(Nc2ccc(C)cc2Br)ncc1N. The zero-order valence-corrected chi connectivity index (χ0v) is 12.7. The molecule has 1 aromatic carbocycles. The number of aromatic nitrogens is 1. The fourth-order valence-electron chi connectivity index (χ4n) is 1.68. The number of nitrogens with two attached hydrogens (primary N) is 1. The molecule has 0 spiro atoms. The van der Waals surface area contributed by atoms with Crippen LogP contribution in [0.3, 0.4) is 0 Å². The van der Waals surface area contributed by atoms with Crippen molar-refractivity contribution in [1.29, 1.82) is 0 Å². The minimum atomic E-state index is -0.490. The van der Waals surface area contributed by atoms with E-state index < -0.39 is 5.97 Å². The largest absolute Gasteiger partial charge is 0.465 e. The minimum absolute atomic E-state index is 0.283. The standard InChI is InChI=1S/C14H14BrN3O2/c1-8-3-4-12(10(15)5-8)18-13-6-9(14(19)20-2)11(16)7-17-13/h3-7H,16H2,1-2H3,(H,17,18). The number of hydrogen-bond donors (Lipinski definition) is 2. The van der Waals surface area contributed by atoms with E-state index in [2.05, 4.69) is 31.0 Å². The number of anilines is 3. The van der Waals surface area contributed by atoms with Crippen molar-refractivity contribution in [2.75, 3.05) is 18.2 Å². The molecule has 104 valence electrons. The van der Waals surface area contributed by atoms with E-state index in [0.29, 0.717) is 5.82 Å². The van der Waals surface area contributed by atoms with Gasteiger partial charge < -0.3 is 15.8 Å². The molecule has 5 nitrogen and oxygen atoms in total. The number of rotatable bonds is 3. The Labute approximate surface area is 125 Å². The van der Waals surface area contributed by atoms with E-state index >= 15 is 0 Å². The summed E-state index contributed by atoms with van der Waals surface area (Å²) in [7, 11) is 1.31. The van der Waals surface area contributed by atoms with Gasteiger partial charge in [0.1, 0.15) is 5.82 Å². The lowest BCUT2D eigenvalue weighted by atomic mass is 10.2. The van der Waals surface area contributed by atoms with Gasteiger partial charge in [0, 0.05) is 4.47 Å². The highest BCUT2D eigenvalue weighted by atomic mass is 79.9. The normalized spacial score (nSPS) is 10.2. The number of ether oxygens (including phenoxy) is 1. The van der Waals surface area contributed by atoms with Crippen molar-refractivity contribution in [3.8, 4) is 0 Å². The van der Waals surface area contributed by atoms with E-state index in [0.717, 1.165) is 15.7 Å². The number of pyridine rings is 1. The van der Waals surface area contributed by atoms with Crippen molar-refractivity contribution in [3.05, 3.63) is 46.1 Å². The molecule has 0 radical (unpaired) electrons. The second-order valence-corrected chi connectivity index (χ2v) is 5.11. The summed E-state index contributed by atoms with van der Waals surface area (Å²) >= 11 is 3.47. The number of aryl methyl sites for hydroxylation is 1. The number of benzene rings is 1. The molecule has 0 bridgehead atoms. The van der Waals surface area contributed by atoms with Crippen LogP contribution in [0.4, 0.5) is 17.2 Å². The molecule has 0 aliphatic heterocycles.